The molecule has 0 radical (unpaired) electrons. The van der Waals surface area contributed by atoms with Crippen molar-refractivity contribution in [1.29, 1.82) is 0 Å². The zero-order chi connectivity index (χ0) is 19.8. The molecular weight excluding hydrogens is 349 g/mol. The summed E-state index contributed by atoms with van der Waals surface area (Å²) in [6, 6.07) is 4.94. The van der Waals surface area contributed by atoms with E-state index in [4.69, 9.17) is 10.5 Å². The van der Waals surface area contributed by atoms with Crippen molar-refractivity contribution >= 4 is 17.1 Å². The minimum absolute atomic E-state index is 0.204. The molecule has 7 nitrogen and oxygen atoms in total. The summed E-state index contributed by atoms with van der Waals surface area (Å²) in [6.07, 6.45) is 4.84. The number of carbonyl (C=O) groups excluding carboxylic acids is 1. The van der Waals surface area contributed by atoms with Crippen molar-refractivity contribution in [3.8, 4) is 17.0 Å². The van der Waals surface area contributed by atoms with E-state index in [0.29, 0.717) is 17.1 Å². The molecule has 3 aromatic rings. The van der Waals surface area contributed by atoms with Gasteiger partial charge in [-0.05, 0) is 38.5 Å². The van der Waals surface area contributed by atoms with Crippen molar-refractivity contribution in [3.05, 3.63) is 42.4 Å². The lowest BCUT2D eigenvalue weighted by Gasteiger charge is -2.26. The van der Waals surface area contributed by atoms with Crippen LogP contribution in [0.4, 0.5) is 10.1 Å². The van der Waals surface area contributed by atoms with Gasteiger partial charge in [0, 0.05) is 24.0 Å². The highest BCUT2D eigenvalue weighted by molar-refractivity contribution is 6.02. The molecule has 3 heterocycles. The Kier molecular flexibility index (Phi) is 4.73. The molecule has 0 aliphatic heterocycles. The van der Waals surface area contributed by atoms with Gasteiger partial charge in [-0.15, -0.1) is 0 Å². The highest BCUT2D eigenvalue weighted by Gasteiger charge is 2.27. The maximum Gasteiger partial charge on any atom is 0.252 e. The number of methoxy groups -OCH3 is 1. The monoisotopic (exact) mass is 371 g/mol. The SMILES string of the molecule is COc1cc(-c2cc3c(N[C@H](C)C(C)(C)F)c(C(N)=O)cnn3c2)ccn1. The Morgan fingerprint density at radius 3 is 2.74 bits per heavy atom. The third-order valence-corrected chi connectivity index (χ3v) is 4.57. The third-order valence-electron chi connectivity index (χ3n) is 4.57. The number of nitrogens with one attached hydrogen (secondary N) is 1. The number of nitrogens with two attached hydrogens (primary N) is 1. The third kappa shape index (κ3) is 3.69. The van der Waals surface area contributed by atoms with Crippen LogP contribution in [0.15, 0.2) is 36.8 Å². The Labute approximate surface area is 156 Å². The van der Waals surface area contributed by atoms with Crippen molar-refractivity contribution in [2.75, 3.05) is 12.4 Å². The van der Waals surface area contributed by atoms with Crippen LogP contribution in [0, 0.1) is 0 Å². The van der Waals surface area contributed by atoms with Crippen LogP contribution in [0.25, 0.3) is 16.6 Å². The predicted octanol–water partition coefficient (Wildman–Crippen LogP) is 3.05. The molecule has 1 atom stereocenters. The molecule has 0 unspecified atom stereocenters. The van der Waals surface area contributed by atoms with Gasteiger partial charge in [0.25, 0.3) is 5.91 Å². The smallest absolute Gasteiger partial charge is 0.252 e. The van der Waals surface area contributed by atoms with Crippen LogP contribution < -0.4 is 15.8 Å². The predicted molar refractivity (Wildman–Crippen MR) is 102 cm³/mol. The second-order valence-corrected chi connectivity index (χ2v) is 6.87. The highest BCUT2D eigenvalue weighted by Crippen LogP contribution is 2.31. The Hall–Kier alpha value is -3.16. The van der Waals surface area contributed by atoms with E-state index in [1.165, 1.54) is 20.0 Å². The average molecular weight is 371 g/mol. The maximum absolute atomic E-state index is 14.3. The van der Waals surface area contributed by atoms with Gasteiger partial charge in [-0.1, -0.05) is 0 Å². The summed E-state index contributed by atoms with van der Waals surface area (Å²) < 4.78 is 21.1. The summed E-state index contributed by atoms with van der Waals surface area (Å²) in [5.41, 5.74) is 6.99. The molecule has 0 fully saturated rings. The summed E-state index contributed by atoms with van der Waals surface area (Å²) in [6.45, 7) is 4.65. The van der Waals surface area contributed by atoms with Gasteiger partial charge >= 0.3 is 0 Å². The Balaban J connectivity index is 2.15. The van der Waals surface area contributed by atoms with Crippen LogP contribution >= 0.6 is 0 Å². The molecule has 3 rings (SSSR count). The van der Waals surface area contributed by atoms with Gasteiger partial charge in [0.15, 0.2) is 0 Å². The van der Waals surface area contributed by atoms with Crippen molar-refractivity contribution in [3.63, 3.8) is 0 Å². The summed E-state index contributed by atoms with van der Waals surface area (Å²) in [5, 5.41) is 7.34. The summed E-state index contributed by atoms with van der Waals surface area (Å²) >= 11 is 0. The first kappa shape index (κ1) is 18.6. The van der Waals surface area contributed by atoms with Gasteiger partial charge in [0.05, 0.1) is 36.1 Å². The maximum atomic E-state index is 14.3. The fourth-order valence-electron chi connectivity index (χ4n) is 2.64. The molecule has 27 heavy (non-hydrogen) atoms. The quantitative estimate of drug-likeness (QED) is 0.694. The molecule has 0 aliphatic carbocycles. The van der Waals surface area contributed by atoms with Crippen LogP contribution in [-0.4, -0.2) is 39.3 Å². The first-order valence-corrected chi connectivity index (χ1v) is 8.47. The van der Waals surface area contributed by atoms with Crippen molar-refractivity contribution < 1.29 is 13.9 Å². The van der Waals surface area contributed by atoms with Gasteiger partial charge in [0.1, 0.15) is 5.67 Å². The first-order chi connectivity index (χ1) is 12.7. The first-order valence-electron chi connectivity index (χ1n) is 8.47. The number of rotatable bonds is 6. The molecular formula is C19H22FN5O2. The van der Waals surface area contributed by atoms with Crippen LogP contribution in [0.2, 0.25) is 0 Å². The molecule has 142 valence electrons. The van der Waals surface area contributed by atoms with E-state index < -0.39 is 17.6 Å². The van der Waals surface area contributed by atoms with Gasteiger partial charge in [-0.3, -0.25) is 4.79 Å². The normalized spacial score (nSPS) is 12.8. The van der Waals surface area contributed by atoms with Crippen LogP contribution in [-0.2, 0) is 0 Å². The largest absolute Gasteiger partial charge is 0.481 e. The molecule has 0 aromatic carbocycles. The number of carbonyl (C=O) groups is 1. The van der Waals surface area contributed by atoms with Gasteiger partial charge < -0.3 is 15.8 Å². The van der Waals surface area contributed by atoms with E-state index in [1.807, 2.05) is 18.3 Å². The average Bonchev–Trinajstić information content (AvgIpc) is 3.05. The van der Waals surface area contributed by atoms with Gasteiger partial charge in [-0.2, -0.15) is 5.10 Å². The van der Waals surface area contributed by atoms with Crippen molar-refractivity contribution in [2.24, 2.45) is 5.73 Å². The Morgan fingerprint density at radius 2 is 2.11 bits per heavy atom. The molecule has 0 saturated heterocycles. The number of hydrogen-bond acceptors (Lipinski definition) is 5. The molecule has 0 aliphatic rings. The number of amides is 1. The summed E-state index contributed by atoms with van der Waals surface area (Å²) in [5.74, 6) is -0.149. The van der Waals surface area contributed by atoms with Crippen molar-refractivity contribution in [2.45, 2.75) is 32.5 Å². The van der Waals surface area contributed by atoms with Gasteiger partial charge in [-0.25, -0.2) is 13.9 Å². The van der Waals surface area contributed by atoms with Crippen molar-refractivity contribution in [1.82, 2.24) is 14.6 Å². The van der Waals surface area contributed by atoms with Crippen LogP contribution in [0.1, 0.15) is 31.1 Å². The van der Waals surface area contributed by atoms with E-state index in [1.54, 1.807) is 30.8 Å². The number of halogens is 1. The number of ether oxygens (including phenoxy) is 1. The van der Waals surface area contributed by atoms with E-state index in [9.17, 15) is 9.18 Å². The number of fused-ring (bicyclic) bond motifs is 1. The van der Waals surface area contributed by atoms with Gasteiger partial charge in [0.2, 0.25) is 5.88 Å². The topological polar surface area (TPSA) is 94.5 Å². The molecule has 8 heteroatoms. The standard InChI is InChI=1S/C19H22FN5O2/c1-11(19(2,3)20)24-17-14(18(21)26)9-23-25-10-13(7-15(17)25)12-5-6-22-16(8-12)27-4/h5-11,24H,1-4H3,(H2,21,26)/t11-/m1/s1. The van der Waals surface area contributed by atoms with E-state index >= 15 is 0 Å². The number of primary amides is 1. The number of alkyl halides is 1. The highest BCUT2D eigenvalue weighted by atomic mass is 19.1. The number of aromatic nitrogens is 3. The van der Waals surface area contributed by atoms with Crippen LogP contribution in [0.5, 0.6) is 5.88 Å². The summed E-state index contributed by atoms with van der Waals surface area (Å²) in [7, 11) is 1.55. The lowest BCUT2D eigenvalue weighted by Crippen LogP contribution is -2.36. The number of pyridine rings is 1. The zero-order valence-corrected chi connectivity index (χ0v) is 15.7. The lowest BCUT2D eigenvalue weighted by molar-refractivity contribution is 0.1000. The molecule has 3 N–H and O–H groups in total. The molecule has 0 saturated carbocycles. The van der Waals surface area contributed by atoms with E-state index in [-0.39, 0.29) is 5.56 Å². The lowest BCUT2D eigenvalue weighted by atomic mass is 10.0. The van der Waals surface area contributed by atoms with E-state index in [2.05, 4.69) is 15.4 Å². The Morgan fingerprint density at radius 1 is 1.37 bits per heavy atom. The minimum atomic E-state index is -1.50. The number of anilines is 1. The summed E-state index contributed by atoms with van der Waals surface area (Å²) in [4.78, 5) is 16.0. The fourth-order valence-corrected chi connectivity index (χ4v) is 2.64. The second kappa shape index (κ2) is 6.86. The zero-order valence-electron chi connectivity index (χ0n) is 15.7. The fraction of sp³-hybridized carbons (Fsp3) is 0.316. The Bertz CT molecular complexity index is 993. The minimum Gasteiger partial charge on any atom is -0.481 e. The number of nitrogens with zero attached hydrogens (tertiary/aromatic N) is 3. The number of hydrogen-bond donors (Lipinski definition) is 2. The van der Waals surface area contributed by atoms with E-state index in [0.717, 1.165) is 11.1 Å². The molecule has 1 amide bonds. The molecule has 0 spiro atoms. The van der Waals surface area contributed by atoms with Crippen LogP contribution in [0.3, 0.4) is 0 Å². The molecule has 0 bridgehead atoms. The molecule has 3 aromatic heterocycles. The second-order valence-electron chi connectivity index (χ2n) is 6.87.